The van der Waals surface area contributed by atoms with Crippen LogP contribution in [-0.4, -0.2) is 55.0 Å². The third kappa shape index (κ3) is 14.6. The SMILES string of the molecule is C[N+](C)(C)CCO.O=C(O)/C=C/c1ccccc1.[Cl-]. The van der Waals surface area contributed by atoms with Gasteiger partial charge in [0.25, 0.3) is 0 Å². The van der Waals surface area contributed by atoms with E-state index in [-0.39, 0.29) is 19.0 Å². The van der Waals surface area contributed by atoms with E-state index in [0.29, 0.717) is 0 Å². The highest BCUT2D eigenvalue weighted by Gasteiger charge is 2.02. The summed E-state index contributed by atoms with van der Waals surface area (Å²) in [4.78, 5) is 10.1. The summed E-state index contributed by atoms with van der Waals surface area (Å²) >= 11 is 0. The van der Waals surface area contributed by atoms with E-state index in [1.54, 1.807) is 6.08 Å². The van der Waals surface area contributed by atoms with Crippen molar-refractivity contribution < 1.29 is 31.9 Å². The van der Waals surface area contributed by atoms with Crippen LogP contribution in [-0.2, 0) is 4.79 Å². The first-order valence-electron chi connectivity index (χ1n) is 5.72. The molecule has 0 fully saturated rings. The predicted molar refractivity (Wildman–Crippen MR) is 73.1 cm³/mol. The molecule has 1 aromatic rings. The molecule has 1 aromatic carbocycles. The summed E-state index contributed by atoms with van der Waals surface area (Å²) in [5.41, 5.74) is 0.898. The van der Waals surface area contributed by atoms with Gasteiger partial charge in [0.1, 0.15) is 6.54 Å². The number of benzene rings is 1. The average Bonchev–Trinajstić information content (AvgIpc) is 2.27. The molecule has 0 spiro atoms. The van der Waals surface area contributed by atoms with Crippen LogP contribution in [0.15, 0.2) is 36.4 Å². The van der Waals surface area contributed by atoms with Crippen molar-refractivity contribution >= 4 is 12.0 Å². The monoisotopic (exact) mass is 287 g/mol. The Morgan fingerprint density at radius 2 is 1.74 bits per heavy atom. The van der Waals surface area contributed by atoms with E-state index in [9.17, 15) is 4.79 Å². The van der Waals surface area contributed by atoms with E-state index in [1.165, 1.54) is 0 Å². The van der Waals surface area contributed by atoms with Gasteiger partial charge >= 0.3 is 5.97 Å². The lowest BCUT2D eigenvalue weighted by atomic mass is 10.2. The Labute approximate surface area is 121 Å². The van der Waals surface area contributed by atoms with Crippen LogP contribution in [0.4, 0.5) is 0 Å². The molecule has 2 N–H and O–H groups in total. The first-order chi connectivity index (χ1) is 8.35. The Morgan fingerprint density at radius 3 is 2.05 bits per heavy atom. The summed E-state index contributed by atoms with van der Waals surface area (Å²) < 4.78 is 0.844. The first-order valence-corrected chi connectivity index (χ1v) is 5.72. The number of rotatable bonds is 4. The molecule has 1 rings (SSSR count). The molecule has 0 heterocycles. The quantitative estimate of drug-likeness (QED) is 0.522. The number of aliphatic hydroxyl groups is 1. The van der Waals surface area contributed by atoms with Crippen LogP contribution in [0, 0.1) is 0 Å². The Hall–Kier alpha value is -1.36. The molecule has 0 radical (unpaired) electrons. The van der Waals surface area contributed by atoms with Crippen molar-refractivity contribution in [2.75, 3.05) is 34.3 Å². The van der Waals surface area contributed by atoms with Gasteiger partial charge in [-0.05, 0) is 11.6 Å². The summed E-state index contributed by atoms with van der Waals surface area (Å²) in [6, 6.07) is 9.31. The van der Waals surface area contributed by atoms with E-state index >= 15 is 0 Å². The van der Waals surface area contributed by atoms with Crippen molar-refractivity contribution in [2.24, 2.45) is 0 Å². The molecule has 5 heteroatoms. The number of carboxylic acids is 1. The average molecular weight is 288 g/mol. The van der Waals surface area contributed by atoms with E-state index in [4.69, 9.17) is 10.2 Å². The second-order valence-corrected chi connectivity index (χ2v) is 4.82. The molecule has 0 bridgehead atoms. The van der Waals surface area contributed by atoms with Crippen LogP contribution < -0.4 is 12.4 Å². The number of hydrogen-bond acceptors (Lipinski definition) is 2. The number of aliphatic carboxylic acids is 1. The molecule has 4 nitrogen and oxygen atoms in total. The molecule has 0 aliphatic rings. The largest absolute Gasteiger partial charge is 1.00 e. The van der Waals surface area contributed by atoms with Crippen LogP contribution in [0.25, 0.3) is 6.08 Å². The van der Waals surface area contributed by atoms with Crippen molar-refractivity contribution in [2.45, 2.75) is 0 Å². The lowest BCUT2D eigenvalue weighted by Gasteiger charge is -2.21. The van der Waals surface area contributed by atoms with Crippen LogP contribution in [0.3, 0.4) is 0 Å². The van der Waals surface area contributed by atoms with E-state index in [0.717, 1.165) is 22.7 Å². The molecule has 0 atom stereocenters. The maximum atomic E-state index is 10.1. The number of carboxylic acid groups (broad SMARTS) is 1. The van der Waals surface area contributed by atoms with Gasteiger partial charge in [-0.1, -0.05) is 30.3 Å². The molecular weight excluding hydrogens is 266 g/mol. The fourth-order valence-electron chi connectivity index (χ4n) is 1.03. The molecule has 19 heavy (non-hydrogen) atoms. The van der Waals surface area contributed by atoms with Gasteiger partial charge in [0.05, 0.1) is 27.7 Å². The second-order valence-electron chi connectivity index (χ2n) is 4.82. The number of quaternary nitrogens is 1. The van der Waals surface area contributed by atoms with Crippen LogP contribution in [0.5, 0.6) is 0 Å². The lowest BCUT2D eigenvalue weighted by molar-refractivity contribution is -0.870. The Bertz CT molecular complexity index is 372. The number of aliphatic hydroxyl groups excluding tert-OH is 1. The number of hydrogen-bond donors (Lipinski definition) is 2. The predicted octanol–water partition coefficient (Wildman–Crippen LogP) is -1.53. The van der Waals surface area contributed by atoms with Gasteiger partial charge in [0.15, 0.2) is 0 Å². The Morgan fingerprint density at radius 1 is 1.21 bits per heavy atom. The highest BCUT2D eigenvalue weighted by molar-refractivity contribution is 5.85. The smallest absolute Gasteiger partial charge is 0.328 e. The van der Waals surface area contributed by atoms with Gasteiger partial charge in [-0.2, -0.15) is 0 Å². The van der Waals surface area contributed by atoms with Gasteiger partial charge in [-0.25, -0.2) is 4.79 Å². The standard InChI is InChI=1S/C9H8O2.C5H14NO.ClH/c10-9(11)7-6-8-4-2-1-3-5-8;1-6(2,3)4-5-7;/h1-7H,(H,10,11);7H,4-5H2,1-3H3;1H/q;+1;/p-1/b7-6+;;. The number of halogens is 1. The van der Waals surface area contributed by atoms with E-state index in [1.807, 2.05) is 30.3 Å². The number of nitrogens with zero attached hydrogens (tertiary/aromatic N) is 1. The van der Waals surface area contributed by atoms with Gasteiger partial charge in [-0.15, -0.1) is 0 Å². The summed E-state index contributed by atoms with van der Waals surface area (Å²) in [7, 11) is 6.16. The fourth-order valence-corrected chi connectivity index (χ4v) is 1.03. The van der Waals surface area contributed by atoms with Crippen LogP contribution in [0.2, 0.25) is 0 Å². The zero-order chi connectivity index (χ0) is 14.0. The molecule has 0 unspecified atom stereocenters. The summed E-state index contributed by atoms with van der Waals surface area (Å²) in [5.74, 6) is -0.922. The normalized spacial score (nSPS) is 10.3. The van der Waals surface area contributed by atoms with Gasteiger partial charge in [0.2, 0.25) is 0 Å². The van der Waals surface area contributed by atoms with Gasteiger partial charge in [0, 0.05) is 6.08 Å². The zero-order valence-corrected chi connectivity index (χ0v) is 12.3. The minimum atomic E-state index is -0.922. The molecule has 0 saturated carbocycles. The highest BCUT2D eigenvalue weighted by Crippen LogP contribution is 1.99. The Kier molecular flexibility index (Phi) is 11.1. The van der Waals surface area contributed by atoms with Crippen molar-refractivity contribution in [3.63, 3.8) is 0 Å². The number of likely N-dealkylation sites (N-methyl/N-ethyl adjacent to an activating group) is 1. The first kappa shape index (κ1) is 20.0. The van der Waals surface area contributed by atoms with E-state index < -0.39 is 5.97 Å². The van der Waals surface area contributed by atoms with Crippen molar-refractivity contribution in [1.82, 2.24) is 0 Å². The molecular formula is C14H22ClNO3. The lowest BCUT2D eigenvalue weighted by Crippen LogP contribution is -3.00. The number of carbonyl (C=O) groups is 1. The molecule has 0 aliphatic heterocycles. The fraction of sp³-hybridized carbons (Fsp3) is 0.357. The maximum Gasteiger partial charge on any atom is 0.328 e. The van der Waals surface area contributed by atoms with Crippen molar-refractivity contribution in [3.05, 3.63) is 42.0 Å². The second kappa shape index (κ2) is 10.6. The molecule has 0 aromatic heterocycles. The minimum absolute atomic E-state index is 0. The third-order valence-electron chi connectivity index (χ3n) is 1.99. The van der Waals surface area contributed by atoms with E-state index in [2.05, 4.69) is 21.1 Å². The van der Waals surface area contributed by atoms with Crippen LogP contribution in [0.1, 0.15) is 5.56 Å². The van der Waals surface area contributed by atoms with Gasteiger partial charge < -0.3 is 27.1 Å². The topological polar surface area (TPSA) is 57.5 Å². The Balaban J connectivity index is 0. The molecule has 0 saturated heterocycles. The van der Waals surface area contributed by atoms with Crippen LogP contribution >= 0.6 is 0 Å². The zero-order valence-electron chi connectivity index (χ0n) is 11.6. The van der Waals surface area contributed by atoms with Gasteiger partial charge in [-0.3, -0.25) is 0 Å². The molecule has 0 amide bonds. The third-order valence-corrected chi connectivity index (χ3v) is 1.99. The molecule has 0 aliphatic carbocycles. The maximum absolute atomic E-state index is 10.1. The minimum Gasteiger partial charge on any atom is -1.00 e. The summed E-state index contributed by atoms with van der Waals surface area (Å²) in [6.07, 6.45) is 2.68. The summed E-state index contributed by atoms with van der Waals surface area (Å²) in [6.45, 7) is 1.11. The molecule has 108 valence electrons. The summed E-state index contributed by atoms with van der Waals surface area (Å²) in [5, 5.41) is 16.7. The van der Waals surface area contributed by atoms with Crippen molar-refractivity contribution in [1.29, 1.82) is 0 Å². The highest BCUT2D eigenvalue weighted by atomic mass is 35.5. The van der Waals surface area contributed by atoms with Crippen molar-refractivity contribution in [3.8, 4) is 0 Å².